The highest BCUT2D eigenvalue weighted by atomic mass is 16.3. The Balaban J connectivity index is 1.81. The molecule has 0 unspecified atom stereocenters. The van der Waals surface area contributed by atoms with Crippen LogP contribution in [0.15, 0.2) is 0 Å². The number of likely N-dealkylation sites (tertiary alicyclic amines) is 1. The molecule has 20 heavy (non-hydrogen) atoms. The molecule has 0 spiro atoms. The average molecular weight is 283 g/mol. The third-order valence-corrected chi connectivity index (χ3v) is 4.94. The summed E-state index contributed by atoms with van der Waals surface area (Å²) in [5.41, 5.74) is -0.546. The number of hydrogen-bond acceptors (Lipinski definition) is 3. The highest BCUT2D eigenvalue weighted by Gasteiger charge is 2.32. The Labute approximate surface area is 122 Å². The molecule has 0 bridgehead atoms. The van der Waals surface area contributed by atoms with Crippen LogP contribution in [-0.4, -0.2) is 65.3 Å². The maximum absolute atomic E-state index is 11.9. The Kier molecular flexibility index (Phi) is 5.27. The van der Waals surface area contributed by atoms with Gasteiger partial charge in [-0.1, -0.05) is 13.8 Å². The normalized spacial score (nSPS) is 22.9. The molecule has 2 aliphatic heterocycles. The van der Waals surface area contributed by atoms with Crippen molar-refractivity contribution in [2.24, 2.45) is 0 Å². The van der Waals surface area contributed by atoms with Crippen molar-refractivity contribution in [2.45, 2.75) is 57.6 Å². The Hall–Kier alpha value is -0.810. The molecule has 2 fully saturated rings. The maximum Gasteiger partial charge on any atom is 0.317 e. The van der Waals surface area contributed by atoms with Gasteiger partial charge in [-0.25, -0.2) is 4.79 Å². The molecule has 0 aliphatic carbocycles. The molecule has 2 rings (SSSR count). The van der Waals surface area contributed by atoms with Crippen LogP contribution in [0, 0.1) is 0 Å². The zero-order chi connectivity index (χ0) is 14.6. The predicted octanol–water partition coefficient (Wildman–Crippen LogP) is 1.42. The van der Waals surface area contributed by atoms with E-state index in [1.807, 2.05) is 18.7 Å². The van der Waals surface area contributed by atoms with E-state index in [2.05, 4.69) is 10.2 Å². The van der Waals surface area contributed by atoms with Crippen molar-refractivity contribution < 1.29 is 9.90 Å². The lowest BCUT2D eigenvalue weighted by Crippen LogP contribution is -2.55. The van der Waals surface area contributed by atoms with Crippen molar-refractivity contribution >= 4 is 6.03 Å². The monoisotopic (exact) mass is 283 g/mol. The number of carbonyl (C=O) groups is 1. The van der Waals surface area contributed by atoms with Gasteiger partial charge in [-0.05, 0) is 32.1 Å². The fourth-order valence-electron chi connectivity index (χ4n) is 3.28. The molecule has 2 heterocycles. The van der Waals surface area contributed by atoms with Crippen molar-refractivity contribution in [3.63, 3.8) is 0 Å². The largest absolute Gasteiger partial charge is 0.389 e. The molecular formula is C15H29N3O2. The van der Waals surface area contributed by atoms with Crippen LogP contribution in [0.4, 0.5) is 4.79 Å². The first-order chi connectivity index (χ1) is 9.58. The smallest absolute Gasteiger partial charge is 0.317 e. The molecule has 2 amide bonds. The van der Waals surface area contributed by atoms with Crippen LogP contribution < -0.4 is 5.32 Å². The predicted molar refractivity (Wildman–Crippen MR) is 79.7 cm³/mol. The van der Waals surface area contributed by atoms with E-state index in [-0.39, 0.29) is 6.03 Å². The molecule has 2 aliphatic rings. The minimum absolute atomic E-state index is 0.105. The highest BCUT2D eigenvalue weighted by molar-refractivity contribution is 5.75. The average Bonchev–Trinajstić information content (AvgIpc) is 2.49. The molecule has 116 valence electrons. The second-order valence-electron chi connectivity index (χ2n) is 6.22. The van der Waals surface area contributed by atoms with E-state index < -0.39 is 5.60 Å². The van der Waals surface area contributed by atoms with Crippen LogP contribution in [0.3, 0.4) is 0 Å². The summed E-state index contributed by atoms with van der Waals surface area (Å²) in [4.78, 5) is 16.2. The number of nitrogens with one attached hydrogen (secondary N) is 1. The molecule has 0 aromatic carbocycles. The molecule has 5 heteroatoms. The number of piperidine rings is 1. The van der Waals surface area contributed by atoms with Gasteiger partial charge in [0.25, 0.3) is 0 Å². The second kappa shape index (κ2) is 6.76. The number of hydrogen-bond donors (Lipinski definition) is 2. The first kappa shape index (κ1) is 15.6. The summed E-state index contributed by atoms with van der Waals surface area (Å²) >= 11 is 0. The van der Waals surface area contributed by atoms with Crippen LogP contribution in [-0.2, 0) is 0 Å². The van der Waals surface area contributed by atoms with Crippen LogP contribution >= 0.6 is 0 Å². The lowest BCUT2D eigenvalue weighted by Gasteiger charge is -2.42. The first-order valence-corrected chi connectivity index (χ1v) is 8.07. The van der Waals surface area contributed by atoms with Gasteiger partial charge in [0.1, 0.15) is 0 Å². The third kappa shape index (κ3) is 3.64. The third-order valence-electron chi connectivity index (χ3n) is 4.94. The van der Waals surface area contributed by atoms with Crippen molar-refractivity contribution in [3.8, 4) is 0 Å². The van der Waals surface area contributed by atoms with Gasteiger partial charge in [-0.15, -0.1) is 0 Å². The summed E-state index contributed by atoms with van der Waals surface area (Å²) in [6.07, 6.45) is 4.71. The van der Waals surface area contributed by atoms with Crippen LogP contribution in [0.2, 0.25) is 0 Å². The number of rotatable bonds is 5. The van der Waals surface area contributed by atoms with Gasteiger partial charge in [0, 0.05) is 38.8 Å². The zero-order valence-corrected chi connectivity index (χ0v) is 12.9. The second-order valence-corrected chi connectivity index (χ2v) is 6.22. The lowest BCUT2D eigenvalue weighted by atomic mass is 9.94. The molecule has 0 atom stereocenters. The molecule has 0 aromatic rings. The van der Waals surface area contributed by atoms with Crippen molar-refractivity contribution in [3.05, 3.63) is 0 Å². The Morgan fingerprint density at radius 3 is 2.45 bits per heavy atom. The van der Waals surface area contributed by atoms with E-state index >= 15 is 0 Å². The maximum atomic E-state index is 11.9. The van der Waals surface area contributed by atoms with Crippen LogP contribution in [0.1, 0.15) is 46.0 Å². The summed E-state index contributed by atoms with van der Waals surface area (Å²) in [6, 6.07) is 0.483. The van der Waals surface area contributed by atoms with Crippen molar-refractivity contribution in [1.82, 2.24) is 15.1 Å². The van der Waals surface area contributed by atoms with Crippen molar-refractivity contribution in [2.75, 3.05) is 32.7 Å². The number of β-amino-alcohol motifs (C(OH)–C–C–N with tert-alkyl or cyclic N) is 1. The number of urea groups is 1. The molecule has 0 aromatic heterocycles. The summed E-state index contributed by atoms with van der Waals surface area (Å²) in [7, 11) is 0. The number of aliphatic hydroxyl groups is 1. The lowest BCUT2D eigenvalue weighted by molar-refractivity contribution is -0.0138. The van der Waals surface area contributed by atoms with Crippen molar-refractivity contribution in [1.29, 1.82) is 0 Å². The van der Waals surface area contributed by atoms with Crippen LogP contribution in [0.25, 0.3) is 0 Å². The number of nitrogens with zero attached hydrogens (tertiary/aromatic N) is 2. The summed E-state index contributed by atoms with van der Waals surface area (Å²) in [5.74, 6) is 0. The molecule has 0 saturated carbocycles. The Morgan fingerprint density at radius 1 is 1.25 bits per heavy atom. The number of amides is 2. The quantitative estimate of drug-likeness (QED) is 0.802. The summed E-state index contributed by atoms with van der Waals surface area (Å²) in [5, 5.41) is 13.4. The van der Waals surface area contributed by atoms with E-state index in [1.54, 1.807) is 0 Å². The molecule has 5 nitrogen and oxygen atoms in total. The van der Waals surface area contributed by atoms with E-state index in [9.17, 15) is 9.90 Å². The van der Waals surface area contributed by atoms with Gasteiger partial charge in [-0.3, -0.25) is 0 Å². The minimum atomic E-state index is -0.546. The van der Waals surface area contributed by atoms with E-state index in [4.69, 9.17) is 0 Å². The van der Waals surface area contributed by atoms with Gasteiger partial charge >= 0.3 is 6.03 Å². The highest BCUT2D eigenvalue weighted by Crippen LogP contribution is 2.22. The molecule has 2 saturated heterocycles. The van der Waals surface area contributed by atoms with Gasteiger partial charge in [0.15, 0.2) is 0 Å². The van der Waals surface area contributed by atoms with E-state index in [1.165, 1.54) is 0 Å². The standard InChI is InChI=1S/C15H29N3O2/c1-3-15(20,4-2)12-17-10-6-13(7-11-17)18-9-5-8-16-14(18)19/h13,20H,3-12H2,1-2H3,(H,16,19). The Morgan fingerprint density at radius 2 is 1.90 bits per heavy atom. The van der Waals surface area contributed by atoms with Crippen LogP contribution in [0.5, 0.6) is 0 Å². The fourth-order valence-corrected chi connectivity index (χ4v) is 3.28. The van der Waals surface area contributed by atoms with Gasteiger partial charge in [0.05, 0.1) is 5.60 Å². The summed E-state index contributed by atoms with van der Waals surface area (Å²) < 4.78 is 0. The summed E-state index contributed by atoms with van der Waals surface area (Å²) in [6.45, 7) is 8.54. The van der Waals surface area contributed by atoms with E-state index in [0.717, 1.165) is 64.8 Å². The van der Waals surface area contributed by atoms with Gasteiger partial charge < -0.3 is 20.2 Å². The zero-order valence-electron chi connectivity index (χ0n) is 12.9. The number of carbonyl (C=O) groups excluding carboxylic acids is 1. The van der Waals surface area contributed by atoms with Gasteiger partial charge in [0.2, 0.25) is 0 Å². The fraction of sp³-hybridized carbons (Fsp3) is 0.933. The molecule has 0 radical (unpaired) electrons. The Bertz CT molecular complexity index is 323. The van der Waals surface area contributed by atoms with Gasteiger partial charge in [-0.2, -0.15) is 0 Å². The first-order valence-electron chi connectivity index (χ1n) is 8.07. The van der Waals surface area contributed by atoms with E-state index in [0.29, 0.717) is 6.04 Å². The molecular weight excluding hydrogens is 254 g/mol. The minimum Gasteiger partial charge on any atom is -0.389 e. The SMILES string of the molecule is CCC(O)(CC)CN1CCC(N2CCCNC2=O)CC1. The molecule has 2 N–H and O–H groups in total. The topological polar surface area (TPSA) is 55.8 Å².